The largest absolute Gasteiger partial charge is 0.507 e. The predicted molar refractivity (Wildman–Crippen MR) is 102 cm³/mol. The fourth-order valence-electron chi connectivity index (χ4n) is 2.53. The van der Waals surface area contributed by atoms with Gasteiger partial charge in [0.2, 0.25) is 0 Å². The summed E-state index contributed by atoms with van der Waals surface area (Å²) in [6.07, 6.45) is 2.77. The minimum Gasteiger partial charge on any atom is -0.507 e. The van der Waals surface area contributed by atoms with E-state index in [1.807, 2.05) is 42.5 Å². The zero-order valence-electron chi connectivity index (χ0n) is 14.7. The van der Waals surface area contributed by atoms with Gasteiger partial charge >= 0.3 is 5.63 Å². The molecule has 0 aliphatic heterocycles. The van der Waals surface area contributed by atoms with Crippen LogP contribution >= 0.6 is 0 Å². The second kappa shape index (κ2) is 8.19. The van der Waals surface area contributed by atoms with Crippen molar-refractivity contribution in [3.05, 3.63) is 99.6 Å². The van der Waals surface area contributed by atoms with Gasteiger partial charge in [-0.15, -0.1) is 0 Å². The Morgan fingerprint density at radius 3 is 2.63 bits per heavy atom. The zero-order valence-corrected chi connectivity index (χ0v) is 14.7. The van der Waals surface area contributed by atoms with Crippen LogP contribution in [0.3, 0.4) is 0 Å². The van der Waals surface area contributed by atoms with Crippen molar-refractivity contribution in [1.29, 1.82) is 0 Å². The Labute approximate surface area is 156 Å². The van der Waals surface area contributed by atoms with E-state index in [2.05, 4.69) is 0 Å². The van der Waals surface area contributed by atoms with Gasteiger partial charge in [0.1, 0.15) is 29.4 Å². The van der Waals surface area contributed by atoms with Gasteiger partial charge in [0, 0.05) is 6.07 Å². The van der Waals surface area contributed by atoms with Crippen molar-refractivity contribution in [2.75, 3.05) is 0 Å². The average molecular weight is 362 g/mol. The lowest BCUT2D eigenvalue weighted by Gasteiger charge is -2.07. The van der Waals surface area contributed by atoms with Crippen molar-refractivity contribution in [2.24, 2.45) is 0 Å². The second-order valence-corrected chi connectivity index (χ2v) is 5.95. The molecule has 0 aliphatic carbocycles. The third-order valence-corrected chi connectivity index (χ3v) is 3.83. The molecule has 1 aromatic heterocycles. The van der Waals surface area contributed by atoms with Crippen molar-refractivity contribution in [3.63, 3.8) is 0 Å². The molecule has 0 amide bonds. The number of ketones is 1. The van der Waals surface area contributed by atoms with Gasteiger partial charge in [-0.1, -0.05) is 48.5 Å². The van der Waals surface area contributed by atoms with Crippen LogP contribution in [0.4, 0.5) is 0 Å². The molecule has 0 atom stereocenters. The van der Waals surface area contributed by atoms with Crippen molar-refractivity contribution >= 4 is 11.9 Å². The molecule has 0 spiro atoms. The van der Waals surface area contributed by atoms with E-state index in [0.717, 1.165) is 11.1 Å². The number of hydrogen-bond acceptors (Lipinski definition) is 5. The van der Waals surface area contributed by atoms with E-state index in [1.165, 1.54) is 19.1 Å². The highest BCUT2D eigenvalue weighted by atomic mass is 16.5. The number of allylic oxidation sites excluding steroid dienone is 1. The Hall–Kier alpha value is -3.60. The Morgan fingerprint density at radius 1 is 1.11 bits per heavy atom. The number of rotatable bonds is 6. The van der Waals surface area contributed by atoms with E-state index in [0.29, 0.717) is 12.4 Å². The summed E-state index contributed by atoms with van der Waals surface area (Å²) in [6, 6.07) is 18.2. The molecule has 0 saturated heterocycles. The first kappa shape index (κ1) is 18.2. The van der Waals surface area contributed by atoms with Gasteiger partial charge < -0.3 is 14.3 Å². The summed E-state index contributed by atoms with van der Waals surface area (Å²) in [4.78, 5) is 24.0. The molecule has 5 heteroatoms. The maximum absolute atomic E-state index is 12.2. The maximum Gasteiger partial charge on any atom is 0.351 e. The van der Waals surface area contributed by atoms with Gasteiger partial charge in [-0.2, -0.15) is 0 Å². The molecule has 2 aromatic carbocycles. The summed E-state index contributed by atoms with van der Waals surface area (Å²) in [5.41, 5.74) is 0.538. The van der Waals surface area contributed by atoms with E-state index in [9.17, 15) is 14.7 Å². The fraction of sp³-hybridized carbons (Fsp3) is 0.0909. The molecule has 136 valence electrons. The van der Waals surface area contributed by atoms with Crippen molar-refractivity contribution in [3.8, 4) is 11.5 Å². The van der Waals surface area contributed by atoms with Crippen LogP contribution in [-0.4, -0.2) is 10.9 Å². The Balaban J connectivity index is 1.72. The lowest BCUT2D eigenvalue weighted by molar-refractivity contribution is 0.104. The molecule has 1 heterocycles. The number of carbonyl (C=O) groups is 1. The molecule has 3 aromatic rings. The number of carbonyl (C=O) groups excluding carboxylic acids is 1. The van der Waals surface area contributed by atoms with Crippen molar-refractivity contribution in [1.82, 2.24) is 0 Å². The summed E-state index contributed by atoms with van der Waals surface area (Å²) in [5.74, 6) is -0.123. The third kappa shape index (κ3) is 4.73. The van der Waals surface area contributed by atoms with Gasteiger partial charge in [-0.3, -0.25) is 4.79 Å². The van der Waals surface area contributed by atoms with Crippen molar-refractivity contribution < 1.29 is 19.1 Å². The number of aryl methyl sites for hydroxylation is 1. The standard InChI is InChI=1S/C22H18O5/c1-15-12-20(24)21(22(25)27-15)19(23)11-10-16-8-5-9-18(13-16)26-14-17-6-3-2-4-7-17/h2-13,24H,14H2,1H3/b11-10+. The van der Waals surface area contributed by atoms with Crippen molar-refractivity contribution in [2.45, 2.75) is 13.5 Å². The predicted octanol–water partition coefficient (Wildman–Crippen LogP) is 4.13. The summed E-state index contributed by atoms with van der Waals surface area (Å²) in [7, 11) is 0. The summed E-state index contributed by atoms with van der Waals surface area (Å²) in [6.45, 7) is 1.96. The van der Waals surface area contributed by atoms with Gasteiger partial charge in [0.25, 0.3) is 0 Å². The first-order valence-electron chi connectivity index (χ1n) is 8.36. The average Bonchev–Trinajstić information content (AvgIpc) is 2.65. The molecule has 0 bridgehead atoms. The molecule has 0 radical (unpaired) electrons. The van der Waals surface area contributed by atoms with Gasteiger partial charge in [-0.05, 0) is 36.3 Å². The van der Waals surface area contributed by atoms with E-state index in [1.54, 1.807) is 18.2 Å². The zero-order chi connectivity index (χ0) is 19.2. The number of ether oxygens (including phenoxy) is 1. The highest BCUT2D eigenvalue weighted by Gasteiger charge is 2.15. The Bertz CT molecular complexity index is 1030. The van der Waals surface area contributed by atoms with Crippen LogP contribution in [0, 0.1) is 6.92 Å². The molecule has 0 unspecified atom stereocenters. The van der Waals surface area contributed by atoms with E-state index < -0.39 is 17.2 Å². The van der Waals surface area contributed by atoms with Crippen LogP contribution in [0.15, 0.2) is 76.0 Å². The van der Waals surface area contributed by atoms with Crippen LogP contribution in [0.5, 0.6) is 11.5 Å². The van der Waals surface area contributed by atoms with Gasteiger partial charge in [-0.25, -0.2) is 4.79 Å². The molecule has 0 fully saturated rings. The molecular weight excluding hydrogens is 344 g/mol. The molecule has 5 nitrogen and oxygen atoms in total. The topological polar surface area (TPSA) is 76.7 Å². The van der Waals surface area contributed by atoms with E-state index >= 15 is 0 Å². The lowest BCUT2D eigenvalue weighted by atomic mass is 10.1. The summed E-state index contributed by atoms with van der Waals surface area (Å²) >= 11 is 0. The Morgan fingerprint density at radius 2 is 1.89 bits per heavy atom. The Kier molecular flexibility index (Phi) is 5.52. The normalized spacial score (nSPS) is 10.9. The van der Waals surface area contributed by atoms with Crippen LogP contribution in [0.25, 0.3) is 6.08 Å². The number of benzene rings is 2. The fourth-order valence-corrected chi connectivity index (χ4v) is 2.53. The number of aromatic hydroxyl groups is 1. The lowest BCUT2D eigenvalue weighted by Crippen LogP contribution is -2.12. The first-order chi connectivity index (χ1) is 13.0. The van der Waals surface area contributed by atoms with Gasteiger partial charge in [0.15, 0.2) is 5.78 Å². The highest BCUT2D eigenvalue weighted by molar-refractivity contribution is 6.08. The maximum atomic E-state index is 12.2. The van der Waals surface area contributed by atoms with Gasteiger partial charge in [0.05, 0.1) is 0 Å². The molecule has 1 N–H and O–H groups in total. The van der Waals surface area contributed by atoms with Crippen LogP contribution in [0.1, 0.15) is 27.2 Å². The first-order valence-corrected chi connectivity index (χ1v) is 8.36. The smallest absolute Gasteiger partial charge is 0.351 e. The minimum atomic E-state index is -0.859. The monoisotopic (exact) mass is 362 g/mol. The van der Waals surface area contributed by atoms with Crippen LogP contribution < -0.4 is 10.4 Å². The molecular formula is C22H18O5. The minimum absolute atomic E-state index is 0.237. The van der Waals surface area contributed by atoms with E-state index in [4.69, 9.17) is 9.15 Å². The summed E-state index contributed by atoms with van der Waals surface area (Å²) in [5, 5.41) is 9.83. The highest BCUT2D eigenvalue weighted by Crippen LogP contribution is 2.18. The quantitative estimate of drug-likeness (QED) is 0.527. The second-order valence-electron chi connectivity index (χ2n) is 5.95. The molecule has 3 rings (SSSR count). The van der Waals surface area contributed by atoms with E-state index in [-0.39, 0.29) is 11.3 Å². The molecule has 0 aliphatic rings. The summed E-state index contributed by atoms with van der Waals surface area (Å²) < 4.78 is 10.6. The third-order valence-electron chi connectivity index (χ3n) is 3.83. The SMILES string of the molecule is Cc1cc(O)c(C(=O)/C=C/c2cccc(OCc3ccccc3)c2)c(=O)o1. The molecule has 0 saturated carbocycles. The molecule has 27 heavy (non-hydrogen) atoms. The number of hydrogen-bond donors (Lipinski definition) is 1. The van der Waals surface area contributed by atoms with Crippen LogP contribution in [0.2, 0.25) is 0 Å². The van der Waals surface area contributed by atoms with Crippen LogP contribution in [-0.2, 0) is 6.61 Å².